The molecule has 21 heavy (non-hydrogen) atoms. The van der Waals surface area contributed by atoms with Gasteiger partial charge in [0, 0.05) is 30.8 Å². The zero-order valence-corrected chi connectivity index (χ0v) is 13.0. The summed E-state index contributed by atoms with van der Waals surface area (Å²) in [7, 11) is -1.61. The smallest absolute Gasteiger partial charge is 0.327 e. The molecule has 8 heteroatoms. The van der Waals surface area contributed by atoms with Gasteiger partial charge in [0.25, 0.3) is 0 Å². The van der Waals surface area contributed by atoms with Gasteiger partial charge < -0.3 is 15.3 Å². The Hall–Kier alpha value is -1.44. The van der Waals surface area contributed by atoms with Crippen molar-refractivity contribution >= 4 is 28.6 Å². The maximum Gasteiger partial charge on any atom is 0.327 e. The lowest BCUT2D eigenvalue weighted by Crippen LogP contribution is -2.45. The molecule has 1 rings (SSSR count). The number of likely N-dealkylation sites (tertiary alicyclic amines) is 1. The molecule has 0 spiro atoms. The first kappa shape index (κ1) is 17.6. The quantitative estimate of drug-likeness (QED) is 0.701. The van der Waals surface area contributed by atoms with E-state index in [0.717, 1.165) is 25.7 Å². The third-order valence-electron chi connectivity index (χ3n) is 3.27. The first-order chi connectivity index (χ1) is 9.90. The molecule has 7 nitrogen and oxygen atoms in total. The molecule has 1 aliphatic heterocycles. The lowest BCUT2D eigenvalue weighted by Gasteiger charge is -2.20. The molecule has 0 aliphatic carbocycles. The van der Waals surface area contributed by atoms with Crippen LogP contribution >= 0.6 is 0 Å². The number of hydrogen-bond donors (Lipinski definition) is 2. The number of nitrogens with one attached hydrogen (secondary N) is 1. The van der Waals surface area contributed by atoms with Gasteiger partial charge in [-0.3, -0.25) is 13.8 Å². The van der Waals surface area contributed by atoms with Crippen molar-refractivity contribution in [3.63, 3.8) is 0 Å². The molecule has 0 aromatic rings. The van der Waals surface area contributed by atoms with E-state index in [1.165, 1.54) is 6.92 Å². The van der Waals surface area contributed by atoms with E-state index in [2.05, 4.69) is 5.32 Å². The van der Waals surface area contributed by atoms with Crippen molar-refractivity contribution in [1.82, 2.24) is 10.2 Å². The van der Waals surface area contributed by atoms with Crippen molar-refractivity contribution < 1.29 is 23.7 Å². The normalized spacial score (nSPS) is 18.4. The molecule has 2 atom stereocenters. The third kappa shape index (κ3) is 6.70. The fourth-order valence-electron chi connectivity index (χ4n) is 2.21. The van der Waals surface area contributed by atoms with Crippen LogP contribution < -0.4 is 5.32 Å². The summed E-state index contributed by atoms with van der Waals surface area (Å²) in [6.07, 6.45) is 4.08. The number of carbonyl (C=O) groups is 3. The largest absolute Gasteiger partial charge is 0.480 e. The Balaban J connectivity index is 2.48. The van der Waals surface area contributed by atoms with Crippen molar-refractivity contribution in [2.45, 2.75) is 38.6 Å². The van der Waals surface area contributed by atoms with Crippen LogP contribution in [0, 0.1) is 0 Å². The van der Waals surface area contributed by atoms with Gasteiger partial charge in [-0.25, -0.2) is 4.79 Å². The topological polar surface area (TPSA) is 104 Å². The van der Waals surface area contributed by atoms with Crippen LogP contribution in [0.2, 0.25) is 0 Å². The zero-order valence-electron chi connectivity index (χ0n) is 12.2. The number of amides is 2. The van der Waals surface area contributed by atoms with E-state index in [-0.39, 0.29) is 17.4 Å². The van der Waals surface area contributed by atoms with Gasteiger partial charge in [-0.15, -0.1) is 0 Å². The highest BCUT2D eigenvalue weighted by molar-refractivity contribution is 7.85. The van der Waals surface area contributed by atoms with Crippen molar-refractivity contribution in [1.29, 1.82) is 0 Å². The third-order valence-corrected chi connectivity index (χ3v) is 4.55. The lowest BCUT2D eigenvalue weighted by molar-refractivity contribution is -0.140. The lowest BCUT2D eigenvalue weighted by atomic mass is 10.2. The Bertz CT molecular complexity index is 419. The van der Waals surface area contributed by atoms with Crippen molar-refractivity contribution in [2.75, 3.05) is 24.6 Å². The Morgan fingerprint density at radius 2 is 1.76 bits per heavy atom. The van der Waals surface area contributed by atoms with E-state index in [9.17, 15) is 18.6 Å². The van der Waals surface area contributed by atoms with Gasteiger partial charge in [0.15, 0.2) is 0 Å². The molecule has 1 saturated heterocycles. The summed E-state index contributed by atoms with van der Waals surface area (Å²) in [5.41, 5.74) is 0. The van der Waals surface area contributed by atoms with Gasteiger partial charge in [0.05, 0.1) is 5.75 Å². The SMILES string of the molecule is CC(=O)NC(CS(=O)CC(=O)N1CCCCCC1)C(=O)O. The molecule has 1 heterocycles. The molecular formula is C13H22N2O5S. The molecule has 1 aliphatic rings. The molecule has 0 bridgehead atoms. The fraction of sp³-hybridized carbons (Fsp3) is 0.769. The number of rotatable bonds is 6. The molecule has 0 aromatic carbocycles. The van der Waals surface area contributed by atoms with Gasteiger partial charge >= 0.3 is 5.97 Å². The first-order valence-electron chi connectivity index (χ1n) is 7.03. The Morgan fingerprint density at radius 1 is 1.19 bits per heavy atom. The molecule has 0 aromatic heterocycles. The van der Waals surface area contributed by atoms with Crippen LogP contribution in [0.5, 0.6) is 0 Å². The number of hydrogen-bond acceptors (Lipinski definition) is 4. The summed E-state index contributed by atoms with van der Waals surface area (Å²) in [6, 6.07) is -1.22. The van der Waals surface area contributed by atoms with E-state index in [1.54, 1.807) is 4.90 Å². The molecule has 0 radical (unpaired) electrons. The predicted molar refractivity (Wildman–Crippen MR) is 78.2 cm³/mol. The molecule has 2 amide bonds. The second kappa shape index (κ2) is 8.76. The summed E-state index contributed by atoms with van der Waals surface area (Å²) in [4.78, 5) is 35.6. The van der Waals surface area contributed by atoms with Crippen LogP contribution in [-0.4, -0.2) is 62.6 Å². The van der Waals surface area contributed by atoms with Crippen molar-refractivity contribution in [3.05, 3.63) is 0 Å². The number of carboxylic acid groups (broad SMARTS) is 1. The average molecular weight is 318 g/mol. The van der Waals surface area contributed by atoms with Crippen LogP contribution in [0.25, 0.3) is 0 Å². The first-order valence-corrected chi connectivity index (χ1v) is 8.51. The number of nitrogens with zero attached hydrogens (tertiary/aromatic N) is 1. The highest BCUT2D eigenvalue weighted by Crippen LogP contribution is 2.10. The van der Waals surface area contributed by atoms with E-state index in [4.69, 9.17) is 5.11 Å². The number of aliphatic carboxylic acids is 1. The van der Waals surface area contributed by atoms with Crippen molar-refractivity contribution in [2.24, 2.45) is 0 Å². The number of carboxylic acids is 1. The predicted octanol–water partition coefficient (Wildman–Crippen LogP) is -0.273. The van der Waals surface area contributed by atoms with E-state index < -0.39 is 28.7 Å². The van der Waals surface area contributed by atoms with Gasteiger partial charge in [-0.2, -0.15) is 0 Å². The summed E-state index contributed by atoms with van der Waals surface area (Å²) >= 11 is 0. The Kier molecular flexibility index (Phi) is 7.35. The molecular weight excluding hydrogens is 296 g/mol. The van der Waals surface area contributed by atoms with E-state index in [1.807, 2.05) is 0 Å². The Labute approximate surface area is 126 Å². The van der Waals surface area contributed by atoms with Gasteiger partial charge in [0.2, 0.25) is 11.8 Å². The highest BCUT2D eigenvalue weighted by atomic mass is 32.2. The van der Waals surface area contributed by atoms with Crippen LogP contribution in [0.4, 0.5) is 0 Å². The summed E-state index contributed by atoms with van der Waals surface area (Å²) < 4.78 is 11.9. The zero-order chi connectivity index (χ0) is 15.8. The average Bonchev–Trinajstić information content (AvgIpc) is 2.65. The minimum Gasteiger partial charge on any atom is -0.480 e. The molecule has 120 valence electrons. The maximum atomic E-state index is 12.0. The highest BCUT2D eigenvalue weighted by Gasteiger charge is 2.24. The monoisotopic (exact) mass is 318 g/mol. The van der Waals surface area contributed by atoms with Gasteiger partial charge in [-0.05, 0) is 12.8 Å². The molecule has 0 saturated carbocycles. The van der Waals surface area contributed by atoms with Crippen LogP contribution in [0.3, 0.4) is 0 Å². The van der Waals surface area contributed by atoms with E-state index in [0.29, 0.717) is 13.1 Å². The van der Waals surface area contributed by atoms with E-state index >= 15 is 0 Å². The summed E-state index contributed by atoms with van der Waals surface area (Å²) in [6.45, 7) is 2.54. The molecule has 1 fully saturated rings. The summed E-state index contributed by atoms with van der Waals surface area (Å²) in [5.74, 6) is -2.40. The fourth-order valence-corrected chi connectivity index (χ4v) is 3.39. The molecule has 2 N–H and O–H groups in total. The van der Waals surface area contributed by atoms with Crippen molar-refractivity contribution in [3.8, 4) is 0 Å². The maximum absolute atomic E-state index is 12.0. The van der Waals surface area contributed by atoms with Crippen LogP contribution in [0.15, 0.2) is 0 Å². The Morgan fingerprint density at radius 3 is 2.24 bits per heavy atom. The molecule has 2 unspecified atom stereocenters. The van der Waals surface area contributed by atoms with Gasteiger partial charge in [-0.1, -0.05) is 12.8 Å². The van der Waals surface area contributed by atoms with Gasteiger partial charge in [0.1, 0.15) is 11.8 Å². The second-order valence-corrected chi connectivity index (χ2v) is 6.64. The standard InChI is InChI=1S/C13H22N2O5S/c1-10(16)14-11(13(18)19)8-21(20)9-12(17)15-6-4-2-3-5-7-15/h11H,2-9H2,1H3,(H,14,16)(H,18,19). The second-order valence-electron chi connectivity index (χ2n) is 5.14. The minimum absolute atomic E-state index is 0.191. The van der Waals surface area contributed by atoms with Crippen LogP contribution in [0.1, 0.15) is 32.6 Å². The number of carbonyl (C=O) groups excluding carboxylic acids is 2. The van der Waals surface area contributed by atoms with Crippen LogP contribution in [-0.2, 0) is 25.2 Å². The summed E-state index contributed by atoms with van der Waals surface area (Å²) in [5, 5.41) is 11.2. The minimum atomic E-state index is -1.61.